The van der Waals surface area contributed by atoms with Crippen molar-refractivity contribution in [2.45, 2.75) is 25.9 Å². The first-order valence-electron chi connectivity index (χ1n) is 9.20. The molecule has 0 aliphatic rings. The van der Waals surface area contributed by atoms with E-state index in [1.54, 1.807) is 13.0 Å². The lowest BCUT2D eigenvalue weighted by molar-refractivity contribution is -0.134. The van der Waals surface area contributed by atoms with Crippen molar-refractivity contribution in [3.8, 4) is 22.4 Å². The minimum absolute atomic E-state index is 0.0514. The average Bonchev–Trinajstić information content (AvgIpc) is 3.13. The number of hydrogen-bond donors (Lipinski definition) is 2. The number of alkyl halides is 3. The molecule has 7 nitrogen and oxygen atoms in total. The summed E-state index contributed by atoms with van der Waals surface area (Å²) >= 11 is 0. The molecule has 0 bridgehead atoms. The number of aromatic nitrogens is 5. The summed E-state index contributed by atoms with van der Waals surface area (Å²) in [5.41, 5.74) is 8.04. The quantitative estimate of drug-likeness (QED) is 0.479. The molecule has 0 saturated heterocycles. The predicted molar refractivity (Wildman–Crippen MR) is 106 cm³/mol. The normalized spacial score (nSPS) is 11.9. The van der Waals surface area contributed by atoms with Crippen LogP contribution in [0.5, 0.6) is 0 Å². The molecule has 4 aromatic rings. The number of nitrogens with one attached hydrogen (secondary N) is 1. The first kappa shape index (κ1) is 20.5. The third kappa shape index (κ3) is 4.11. The highest BCUT2D eigenvalue weighted by Crippen LogP contribution is 2.35. The van der Waals surface area contributed by atoms with Crippen LogP contribution in [0.3, 0.4) is 0 Å². The van der Waals surface area contributed by atoms with Crippen molar-refractivity contribution in [3.05, 3.63) is 64.1 Å². The van der Waals surface area contributed by atoms with Crippen molar-refractivity contribution in [1.82, 2.24) is 24.6 Å². The zero-order valence-electron chi connectivity index (χ0n) is 16.2. The number of fused-ring (bicyclic) bond motifs is 1. The highest BCUT2D eigenvalue weighted by Gasteiger charge is 2.28. The minimum Gasteiger partial charge on any atom is -0.368 e. The molecule has 1 aromatic carbocycles. The summed E-state index contributed by atoms with van der Waals surface area (Å²) in [6.07, 6.45) is -4.44. The standard InChI is InChI=1S/C20H16F4N6O/c1-10-8-12(9-26-18(10)31)15-16(11-2-4-13(21)5-3-11)28-19(25)30-17(15)27-14(29-30)6-7-20(22,23)24/h2-5,8-9H,6-7H2,1H3,(H2,25,28)(H,26,31). The van der Waals surface area contributed by atoms with Crippen LogP contribution in [0.2, 0.25) is 0 Å². The molecule has 0 radical (unpaired) electrons. The van der Waals surface area contributed by atoms with Gasteiger partial charge in [0.2, 0.25) is 5.95 Å². The highest BCUT2D eigenvalue weighted by molar-refractivity contribution is 5.90. The third-order valence-corrected chi connectivity index (χ3v) is 4.68. The summed E-state index contributed by atoms with van der Waals surface area (Å²) in [5, 5.41) is 4.08. The van der Waals surface area contributed by atoms with Crippen LogP contribution < -0.4 is 11.3 Å². The van der Waals surface area contributed by atoms with Crippen LogP contribution in [0.25, 0.3) is 28.0 Å². The van der Waals surface area contributed by atoms with E-state index >= 15 is 0 Å². The van der Waals surface area contributed by atoms with Gasteiger partial charge < -0.3 is 10.7 Å². The molecule has 0 fully saturated rings. The summed E-state index contributed by atoms with van der Waals surface area (Å²) in [6, 6.07) is 7.09. The number of halogens is 4. The topological polar surface area (TPSA) is 102 Å². The van der Waals surface area contributed by atoms with Crippen LogP contribution in [-0.4, -0.2) is 30.7 Å². The van der Waals surface area contributed by atoms with Crippen LogP contribution in [-0.2, 0) is 6.42 Å². The maximum Gasteiger partial charge on any atom is 0.389 e. The molecular formula is C20H16F4N6O. The second-order valence-corrected chi connectivity index (χ2v) is 6.98. The van der Waals surface area contributed by atoms with E-state index in [-0.39, 0.29) is 23.0 Å². The number of nitrogens with two attached hydrogens (primary N) is 1. The summed E-state index contributed by atoms with van der Waals surface area (Å²) in [4.78, 5) is 23.1. The van der Waals surface area contributed by atoms with E-state index in [1.807, 2.05) is 0 Å². The van der Waals surface area contributed by atoms with Gasteiger partial charge in [-0.1, -0.05) is 0 Å². The summed E-state index contributed by atoms with van der Waals surface area (Å²) < 4.78 is 52.6. The summed E-state index contributed by atoms with van der Waals surface area (Å²) in [6.45, 7) is 1.61. The Morgan fingerprint density at radius 3 is 2.48 bits per heavy atom. The number of H-pyrrole nitrogens is 1. The Labute approximate surface area is 172 Å². The molecule has 4 rings (SSSR count). The van der Waals surface area contributed by atoms with Crippen molar-refractivity contribution in [1.29, 1.82) is 0 Å². The number of nitrogens with zero attached hydrogens (tertiary/aromatic N) is 4. The molecule has 0 amide bonds. The maximum atomic E-state index is 13.4. The van der Waals surface area contributed by atoms with Gasteiger partial charge in [0.15, 0.2) is 11.5 Å². The Kier molecular flexibility index (Phi) is 4.96. The van der Waals surface area contributed by atoms with Gasteiger partial charge in [0.25, 0.3) is 5.56 Å². The molecule has 160 valence electrons. The van der Waals surface area contributed by atoms with Gasteiger partial charge in [-0.25, -0.2) is 14.4 Å². The van der Waals surface area contributed by atoms with Crippen molar-refractivity contribution < 1.29 is 17.6 Å². The molecule has 0 unspecified atom stereocenters. The number of hydrogen-bond acceptors (Lipinski definition) is 5. The lowest BCUT2D eigenvalue weighted by atomic mass is 10.0. The number of pyridine rings is 1. The molecule has 0 aliphatic heterocycles. The van der Waals surface area contributed by atoms with Crippen LogP contribution in [0.1, 0.15) is 17.8 Å². The lowest BCUT2D eigenvalue weighted by Gasteiger charge is -2.12. The van der Waals surface area contributed by atoms with Crippen molar-refractivity contribution >= 4 is 11.6 Å². The first-order chi connectivity index (χ1) is 14.6. The van der Waals surface area contributed by atoms with Gasteiger partial charge in [-0.05, 0) is 37.3 Å². The van der Waals surface area contributed by atoms with Gasteiger partial charge in [0, 0.05) is 29.3 Å². The predicted octanol–water partition coefficient (Wildman–Crippen LogP) is 3.67. The van der Waals surface area contributed by atoms with Gasteiger partial charge in [0.05, 0.1) is 17.7 Å². The lowest BCUT2D eigenvalue weighted by Crippen LogP contribution is -2.10. The minimum atomic E-state index is -4.36. The van der Waals surface area contributed by atoms with Crippen molar-refractivity contribution in [3.63, 3.8) is 0 Å². The van der Waals surface area contributed by atoms with Gasteiger partial charge in [0.1, 0.15) is 5.82 Å². The molecule has 0 saturated carbocycles. The van der Waals surface area contributed by atoms with E-state index in [1.165, 1.54) is 30.5 Å². The number of aromatic amines is 1. The Hall–Kier alpha value is -3.76. The molecule has 0 spiro atoms. The summed E-state index contributed by atoms with van der Waals surface area (Å²) in [7, 11) is 0. The van der Waals surface area contributed by atoms with Crippen molar-refractivity contribution in [2.24, 2.45) is 0 Å². The second-order valence-electron chi connectivity index (χ2n) is 6.98. The average molecular weight is 432 g/mol. The van der Waals surface area contributed by atoms with E-state index in [9.17, 15) is 22.4 Å². The zero-order chi connectivity index (χ0) is 22.3. The Balaban J connectivity index is 1.98. The molecule has 0 atom stereocenters. The fourth-order valence-corrected chi connectivity index (χ4v) is 3.18. The number of rotatable bonds is 4. The fraction of sp³-hybridized carbons (Fsp3) is 0.200. The molecule has 31 heavy (non-hydrogen) atoms. The third-order valence-electron chi connectivity index (χ3n) is 4.68. The van der Waals surface area contributed by atoms with E-state index in [4.69, 9.17) is 5.73 Å². The van der Waals surface area contributed by atoms with E-state index in [0.717, 1.165) is 4.52 Å². The molecule has 3 heterocycles. The van der Waals surface area contributed by atoms with Crippen LogP contribution in [0.4, 0.5) is 23.5 Å². The molecular weight excluding hydrogens is 416 g/mol. The fourth-order valence-electron chi connectivity index (χ4n) is 3.18. The van der Waals surface area contributed by atoms with Crippen LogP contribution in [0, 0.1) is 12.7 Å². The van der Waals surface area contributed by atoms with Gasteiger partial charge in [-0.3, -0.25) is 4.79 Å². The molecule has 3 N–H and O–H groups in total. The van der Waals surface area contributed by atoms with E-state index in [0.29, 0.717) is 27.9 Å². The smallest absolute Gasteiger partial charge is 0.368 e. The zero-order valence-corrected chi connectivity index (χ0v) is 16.2. The van der Waals surface area contributed by atoms with Gasteiger partial charge >= 0.3 is 6.18 Å². The maximum absolute atomic E-state index is 13.4. The highest BCUT2D eigenvalue weighted by atomic mass is 19.4. The molecule has 0 aliphatic carbocycles. The Bertz CT molecular complexity index is 1320. The van der Waals surface area contributed by atoms with Gasteiger partial charge in [-0.2, -0.15) is 17.7 Å². The number of nitrogen functional groups attached to an aromatic ring is 1. The summed E-state index contributed by atoms with van der Waals surface area (Å²) in [5.74, 6) is -0.592. The number of aryl methyl sites for hydroxylation is 2. The van der Waals surface area contributed by atoms with Crippen LogP contribution >= 0.6 is 0 Å². The van der Waals surface area contributed by atoms with Gasteiger partial charge in [-0.15, -0.1) is 5.10 Å². The monoisotopic (exact) mass is 432 g/mol. The Morgan fingerprint density at radius 2 is 1.84 bits per heavy atom. The SMILES string of the molecule is Cc1cc(-c2c(-c3ccc(F)cc3)nc(N)n3nc(CCC(F)(F)F)nc23)c[nH]c1=O. The molecule has 11 heteroatoms. The first-order valence-corrected chi connectivity index (χ1v) is 9.20. The largest absolute Gasteiger partial charge is 0.389 e. The van der Waals surface area contributed by atoms with Crippen LogP contribution in [0.15, 0.2) is 41.3 Å². The van der Waals surface area contributed by atoms with E-state index in [2.05, 4.69) is 20.1 Å². The second kappa shape index (κ2) is 7.49. The molecule has 3 aromatic heterocycles. The number of anilines is 1. The Morgan fingerprint density at radius 1 is 1.13 bits per heavy atom. The van der Waals surface area contributed by atoms with Crippen molar-refractivity contribution in [2.75, 3.05) is 5.73 Å². The van der Waals surface area contributed by atoms with E-state index < -0.39 is 24.8 Å². The number of benzene rings is 1.